The van der Waals surface area contributed by atoms with Crippen molar-refractivity contribution in [1.29, 1.82) is 0 Å². The molecular formula is C7H12O3. The zero-order chi connectivity index (χ0) is 7.98. The van der Waals surface area contributed by atoms with Crippen LogP contribution in [0.3, 0.4) is 0 Å². The van der Waals surface area contributed by atoms with Crippen LogP contribution < -0.4 is 0 Å². The molecule has 0 amide bonds. The zero-order valence-electron chi connectivity index (χ0n) is 6.26. The first-order valence-electron chi connectivity index (χ1n) is 3.18. The first-order chi connectivity index (χ1) is 4.70. The molecule has 0 aliphatic carbocycles. The van der Waals surface area contributed by atoms with Crippen LogP contribution in [-0.4, -0.2) is 18.2 Å². The maximum atomic E-state index is 10.1. The van der Waals surface area contributed by atoms with E-state index in [1.54, 1.807) is 0 Å². The highest BCUT2D eigenvalue weighted by Gasteiger charge is 1.96. The van der Waals surface area contributed by atoms with Crippen molar-refractivity contribution in [3.63, 3.8) is 0 Å². The average Bonchev–Trinajstić information content (AvgIpc) is 1.86. The number of carboxylic acid groups (broad SMARTS) is 1. The first-order valence-corrected chi connectivity index (χ1v) is 3.18. The van der Waals surface area contributed by atoms with Gasteiger partial charge in [0.15, 0.2) is 0 Å². The zero-order valence-corrected chi connectivity index (χ0v) is 6.26. The van der Waals surface area contributed by atoms with E-state index in [1.807, 2.05) is 6.92 Å². The number of ether oxygens (including phenoxy) is 1. The van der Waals surface area contributed by atoms with Crippen LogP contribution in [0.15, 0.2) is 11.8 Å². The van der Waals surface area contributed by atoms with Gasteiger partial charge in [-0.2, -0.15) is 0 Å². The summed E-state index contributed by atoms with van der Waals surface area (Å²) in [6, 6.07) is 0. The van der Waals surface area contributed by atoms with Crippen LogP contribution in [0.1, 0.15) is 19.8 Å². The lowest BCUT2D eigenvalue weighted by molar-refractivity contribution is -0.131. The maximum absolute atomic E-state index is 10.1. The third-order valence-electron chi connectivity index (χ3n) is 1.04. The monoisotopic (exact) mass is 144 g/mol. The van der Waals surface area contributed by atoms with Crippen LogP contribution in [0, 0.1) is 0 Å². The van der Waals surface area contributed by atoms with E-state index >= 15 is 0 Å². The molecule has 0 unspecified atom stereocenters. The Kier molecular flexibility index (Phi) is 4.37. The van der Waals surface area contributed by atoms with Crippen molar-refractivity contribution in [2.75, 3.05) is 7.11 Å². The summed E-state index contributed by atoms with van der Waals surface area (Å²) >= 11 is 0. The average molecular weight is 144 g/mol. The standard InChI is InChI=1S/C7H12O3/c1-3-4-6(10-2)5-7(8)9/h5H,3-4H2,1-2H3,(H,8,9). The number of carbonyl (C=O) groups is 1. The molecule has 0 heterocycles. The van der Waals surface area contributed by atoms with Gasteiger partial charge in [-0.3, -0.25) is 0 Å². The number of rotatable bonds is 4. The Balaban J connectivity index is 3.91. The van der Waals surface area contributed by atoms with Gasteiger partial charge >= 0.3 is 5.97 Å². The SMILES string of the molecule is CCCC(=CC(=O)O)OC. The van der Waals surface area contributed by atoms with Gasteiger partial charge in [-0.25, -0.2) is 4.79 Å². The summed E-state index contributed by atoms with van der Waals surface area (Å²) in [6.07, 6.45) is 2.67. The predicted molar refractivity (Wildman–Crippen MR) is 37.6 cm³/mol. The van der Waals surface area contributed by atoms with E-state index in [9.17, 15) is 4.79 Å². The lowest BCUT2D eigenvalue weighted by Gasteiger charge is -2.00. The van der Waals surface area contributed by atoms with Gasteiger partial charge in [0.25, 0.3) is 0 Å². The van der Waals surface area contributed by atoms with Gasteiger partial charge in [-0.15, -0.1) is 0 Å². The molecule has 58 valence electrons. The minimum atomic E-state index is -0.953. The van der Waals surface area contributed by atoms with E-state index in [0.717, 1.165) is 12.5 Å². The Bertz CT molecular complexity index is 138. The van der Waals surface area contributed by atoms with Gasteiger partial charge in [0.05, 0.1) is 13.2 Å². The second-order valence-corrected chi connectivity index (χ2v) is 1.90. The van der Waals surface area contributed by atoms with Crippen molar-refractivity contribution in [1.82, 2.24) is 0 Å². The van der Waals surface area contributed by atoms with Gasteiger partial charge in [0.1, 0.15) is 5.76 Å². The Hall–Kier alpha value is -0.990. The van der Waals surface area contributed by atoms with Gasteiger partial charge in [0, 0.05) is 6.42 Å². The smallest absolute Gasteiger partial charge is 0.331 e. The normalized spacial score (nSPS) is 11.2. The van der Waals surface area contributed by atoms with Crippen molar-refractivity contribution < 1.29 is 14.6 Å². The third-order valence-corrected chi connectivity index (χ3v) is 1.04. The summed E-state index contributed by atoms with van der Waals surface area (Å²) in [5.74, 6) is -0.430. The lowest BCUT2D eigenvalue weighted by Crippen LogP contribution is -1.94. The molecule has 3 heteroatoms. The number of hydrogen-bond donors (Lipinski definition) is 1. The number of hydrogen-bond acceptors (Lipinski definition) is 2. The van der Waals surface area contributed by atoms with Gasteiger partial charge in [-0.1, -0.05) is 6.92 Å². The summed E-state index contributed by atoms with van der Waals surface area (Å²) in [5, 5.41) is 8.29. The fraction of sp³-hybridized carbons (Fsp3) is 0.571. The van der Waals surface area contributed by atoms with Crippen LogP contribution in [-0.2, 0) is 9.53 Å². The second-order valence-electron chi connectivity index (χ2n) is 1.90. The molecule has 0 radical (unpaired) electrons. The molecule has 0 saturated carbocycles. The molecule has 0 aliphatic heterocycles. The highest BCUT2D eigenvalue weighted by molar-refractivity contribution is 5.80. The minimum Gasteiger partial charge on any atom is -0.501 e. The quantitative estimate of drug-likeness (QED) is 0.479. The van der Waals surface area contributed by atoms with E-state index in [2.05, 4.69) is 0 Å². The fourth-order valence-electron chi connectivity index (χ4n) is 0.617. The summed E-state index contributed by atoms with van der Waals surface area (Å²) < 4.78 is 4.78. The summed E-state index contributed by atoms with van der Waals surface area (Å²) in [6.45, 7) is 1.97. The molecule has 0 spiro atoms. The molecule has 0 aromatic rings. The summed E-state index contributed by atoms with van der Waals surface area (Å²) in [7, 11) is 1.48. The number of methoxy groups -OCH3 is 1. The highest BCUT2D eigenvalue weighted by atomic mass is 16.5. The third kappa shape index (κ3) is 3.95. The second kappa shape index (κ2) is 4.85. The summed E-state index contributed by atoms with van der Waals surface area (Å²) in [4.78, 5) is 10.1. The molecule has 0 saturated heterocycles. The van der Waals surface area contributed by atoms with Gasteiger partial charge < -0.3 is 9.84 Å². The molecule has 0 fully saturated rings. The number of allylic oxidation sites excluding steroid dienone is 1. The Morgan fingerprint density at radius 3 is 2.60 bits per heavy atom. The van der Waals surface area contributed by atoms with Crippen molar-refractivity contribution in [3.8, 4) is 0 Å². The van der Waals surface area contributed by atoms with Crippen LogP contribution >= 0.6 is 0 Å². The molecule has 0 atom stereocenters. The van der Waals surface area contributed by atoms with Crippen molar-refractivity contribution in [3.05, 3.63) is 11.8 Å². The van der Waals surface area contributed by atoms with Crippen LogP contribution in [0.25, 0.3) is 0 Å². The molecule has 0 bridgehead atoms. The van der Waals surface area contributed by atoms with E-state index in [0.29, 0.717) is 12.2 Å². The van der Waals surface area contributed by atoms with E-state index in [1.165, 1.54) is 7.11 Å². The Morgan fingerprint density at radius 2 is 2.30 bits per heavy atom. The van der Waals surface area contributed by atoms with E-state index < -0.39 is 5.97 Å². The van der Waals surface area contributed by atoms with Crippen molar-refractivity contribution in [2.45, 2.75) is 19.8 Å². The van der Waals surface area contributed by atoms with E-state index in [4.69, 9.17) is 9.84 Å². The van der Waals surface area contributed by atoms with E-state index in [-0.39, 0.29) is 0 Å². The number of aliphatic carboxylic acids is 1. The first kappa shape index (κ1) is 9.01. The molecule has 0 rings (SSSR count). The lowest BCUT2D eigenvalue weighted by atomic mass is 10.3. The molecule has 10 heavy (non-hydrogen) atoms. The largest absolute Gasteiger partial charge is 0.501 e. The topological polar surface area (TPSA) is 46.5 Å². The molecular weight excluding hydrogens is 132 g/mol. The van der Waals surface area contributed by atoms with Gasteiger partial charge in [0.2, 0.25) is 0 Å². The Morgan fingerprint density at radius 1 is 1.70 bits per heavy atom. The highest BCUT2D eigenvalue weighted by Crippen LogP contribution is 2.03. The molecule has 1 N–H and O–H groups in total. The van der Waals surface area contributed by atoms with Crippen molar-refractivity contribution >= 4 is 5.97 Å². The summed E-state index contributed by atoms with van der Waals surface area (Å²) in [5.41, 5.74) is 0. The maximum Gasteiger partial charge on any atom is 0.331 e. The number of carboxylic acids is 1. The fourth-order valence-corrected chi connectivity index (χ4v) is 0.617. The molecule has 3 nitrogen and oxygen atoms in total. The molecule has 0 aromatic carbocycles. The van der Waals surface area contributed by atoms with Crippen LogP contribution in [0.5, 0.6) is 0 Å². The minimum absolute atomic E-state index is 0.523. The van der Waals surface area contributed by atoms with Crippen LogP contribution in [0.2, 0.25) is 0 Å². The van der Waals surface area contributed by atoms with Gasteiger partial charge in [-0.05, 0) is 6.42 Å². The van der Waals surface area contributed by atoms with Crippen LogP contribution in [0.4, 0.5) is 0 Å². The molecule has 0 aromatic heterocycles. The molecule has 0 aliphatic rings. The van der Waals surface area contributed by atoms with Crippen molar-refractivity contribution in [2.24, 2.45) is 0 Å². The predicted octanol–water partition coefficient (Wildman–Crippen LogP) is 1.40. The Labute approximate surface area is 60.3 Å².